The van der Waals surface area contributed by atoms with Gasteiger partial charge in [0.25, 0.3) is 0 Å². The Balaban J connectivity index is 1.97. The van der Waals surface area contributed by atoms with E-state index in [1.54, 1.807) is 17.4 Å². The van der Waals surface area contributed by atoms with Crippen LogP contribution in [-0.4, -0.2) is 22.6 Å². The van der Waals surface area contributed by atoms with Crippen LogP contribution < -0.4 is 10.5 Å². The number of hydrogen-bond donors (Lipinski definition) is 2. The van der Waals surface area contributed by atoms with Gasteiger partial charge < -0.3 is 15.7 Å². The fraction of sp³-hybridized carbons (Fsp3) is 0.286. The van der Waals surface area contributed by atoms with Gasteiger partial charge in [-0.2, -0.15) is 0 Å². The third-order valence-electron chi connectivity index (χ3n) is 3.02. The van der Waals surface area contributed by atoms with Crippen molar-refractivity contribution in [3.8, 4) is 5.75 Å². The summed E-state index contributed by atoms with van der Waals surface area (Å²) in [7, 11) is 0. The van der Waals surface area contributed by atoms with Gasteiger partial charge in [0.15, 0.2) is 5.84 Å². The summed E-state index contributed by atoms with van der Waals surface area (Å²) in [6.45, 7) is 4.50. The second kappa shape index (κ2) is 6.38. The Kier molecular flexibility index (Phi) is 4.57. The number of nitrogens with two attached hydrogens (primary N) is 1. The zero-order chi connectivity index (χ0) is 14.5. The summed E-state index contributed by atoms with van der Waals surface area (Å²) in [5.41, 5.74) is 10.1. The number of oxime groups is 1. The van der Waals surface area contributed by atoms with Gasteiger partial charge in [-0.3, -0.25) is 0 Å². The molecule has 0 saturated carbocycles. The second-order valence-electron chi connectivity index (χ2n) is 4.42. The van der Waals surface area contributed by atoms with E-state index >= 15 is 0 Å². The van der Waals surface area contributed by atoms with Gasteiger partial charge in [-0.05, 0) is 37.6 Å². The fourth-order valence-corrected chi connectivity index (χ4v) is 2.66. The predicted molar refractivity (Wildman–Crippen MR) is 79.7 cm³/mol. The Morgan fingerprint density at radius 3 is 2.85 bits per heavy atom. The largest absolute Gasteiger partial charge is 0.493 e. The van der Waals surface area contributed by atoms with Crippen LogP contribution in [0.1, 0.15) is 21.7 Å². The molecule has 5 nitrogen and oxygen atoms in total. The van der Waals surface area contributed by atoms with Crippen molar-refractivity contribution in [2.45, 2.75) is 20.3 Å². The van der Waals surface area contributed by atoms with E-state index < -0.39 is 0 Å². The Bertz CT molecular complexity index is 623. The van der Waals surface area contributed by atoms with Crippen LogP contribution in [0.5, 0.6) is 5.75 Å². The molecule has 0 fully saturated rings. The van der Waals surface area contributed by atoms with Crippen molar-refractivity contribution in [2.75, 3.05) is 6.61 Å². The molecule has 1 aromatic carbocycles. The van der Waals surface area contributed by atoms with E-state index in [-0.39, 0.29) is 5.84 Å². The zero-order valence-corrected chi connectivity index (χ0v) is 12.3. The average Bonchev–Trinajstić information content (AvgIpc) is 2.84. The van der Waals surface area contributed by atoms with Gasteiger partial charge >= 0.3 is 0 Å². The minimum Gasteiger partial charge on any atom is -0.493 e. The van der Waals surface area contributed by atoms with Crippen molar-refractivity contribution in [3.63, 3.8) is 0 Å². The van der Waals surface area contributed by atoms with Crippen LogP contribution in [0.25, 0.3) is 0 Å². The third kappa shape index (κ3) is 3.27. The van der Waals surface area contributed by atoms with E-state index in [9.17, 15) is 0 Å². The van der Waals surface area contributed by atoms with E-state index in [1.807, 2.05) is 31.5 Å². The molecule has 0 spiro atoms. The van der Waals surface area contributed by atoms with E-state index in [2.05, 4.69) is 10.1 Å². The van der Waals surface area contributed by atoms with Crippen LogP contribution >= 0.6 is 11.3 Å². The lowest BCUT2D eigenvalue weighted by molar-refractivity contribution is 0.318. The molecular formula is C14H17N3O2S. The minimum absolute atomic E-state index is 0.106. The predicted octanol–water partition coefficient (Wildman–Crippen LogP) is 2.48. The molecule has 106 valence electrons. The first-order chi connectivity index (χ1) is 9.61. The quantitative estimate of drug-likeness (QED) is 0.384. The van der Waals surface area contributed by atoms with Gasteiger partial charge in [-0.15, -0.1) is 11.3 Å². The maximum Gasteiger partial charge on any atom is 0.170 e. The minimum atomic E-state index is 0.106. The lowest BCUT2D eigenvalue weighted by Crippen LogP contribution is -2.14. The van der Waals surface area contributed by atoms with Crippen molar-refractivity contribution in [2.24, 2.45) is 10.9 Å². The molecule has 0 unspecified atom stereocenters. The molecular weight excluding hydrogens is 274 g/mol. The first kappa shape index (κ1) is 14.3. The third-order valence-corrected chi connectivity index (χ3v) is 4.02. The molecule has 2 aromatic rings. The molecule has 2 rings (SSSR count). The van der Waals surface area contributed by atoms with Crippen LogP contribution in [0.4, 0.5) is 0 Å². The number of amidine groups is 1. The van der Waals surface area contributed by atoms with Crippen LogP contribution in [0.15, 0.2) is 28.9 Å². The van der Waals surface area contributed by atoms with Crippen LogP contribution in [0, 0.1) is 13.8 Å². The first-order valence-corrected chi connectivity index (χ1v) is 7.10. The summed E-state index contributed by atoms with van der Waals surface area (Å²) >= 11 is 1.65. The smallest absolute Gasteiger partial charge is 0.170 e. The number of aromatic nitrogens is 1. The molecule has 0 atom stereocenters. The van der Waals surface area contributed by atoms with Gasteiger partial charge in [-0.25, -0.2) is 4.98 Å². The lowest BCUT2D eigenvalue weighted by atomic mass is 10.1. The van der Waals surface area contributed by atoms with Gasteiger partial charge in [0.05, 0.1) is 17.8 Å². The summed E-state index contributed by atoms with van der Waals surface area (Å²) in [5, 5.41) is 11.7. The molecule has 0 saturated heterocycles. The standard InChI is InChI=1S/C14H17N3O2S/c1-9-7-11(3-4-12(9)14(15)17-18)19-6-5-13-10(2)16-8-20-13/h3-4,7-8,18H,5-6H2,1-2H3,(H2,15,17). The van der Waals surface area contributed by atoms with Gasteiger partial charge in [-0.1, -0.05) is 5.16 Å². The van der Waals surface area contributed by atoms with E-state index in [0.29, 0.717) is 12.2 Å². The maximum atomic E-state index is 8.68. The average molecular weight is 291 g/mol. The van der Waals surface area contributed by atoms with E-state index in [4.69, 9.17) is 15.7 Å². The summed E-state index contributed by atoms with van der Waals surface area (Å²) < 4.78 is 5.72. The van der Waals surface area contributed by atoms with Crippen molar-refractivity contribution in [1.29, 1.82) is 0 Å². The second-order valence-corrected chi connectivity index (χ2v) is 5.36. The molecule has 0 bridgehead atoms. The summed E-state index contributed by atoms with van der Waals surface area (Å²) in [6.07, 6.45) is 0.845. The molecule has 20 heavy (non-hydrogen) atoms. The normalized spacial score (nSPS) is 11.6. The van der Waals surface area contributed by atoms with Crippen LogP contribution in [-0.2, 0) is 6.42 Å². The van der Waals surface area contributed by atoms with E-state index in [0.717, 1.165) is 23.4 Å². The Labute approximate surface area is 121 Å². The zero-order valence-electron chi connectivity index (χ0n) is 11.5. The number of thiazole rings is 1. The van der Waals surface area contributed by atoms with Gasteiger partial charge in [0, 0.05) is 16.9 Å². The molecule has 0 aliphatic heterocycles. The van der Waals surface area contributed by atoms with E-state index in [1.165, 1.54) is 4.88 Å². The van der Waals surface area contributed by atoms with Crippen LogP contribution in [0.3, 0.4) is 0 Å². The van der Waals surface area contributed by atoms with Gasteiger partial charge in [0.1, 0.15) is 5.75 Å². The highest BCUT2D eigenvalue weighted by molar-refractivity contribution is 7.09. The Morgan fingerprint density at radius 1 is 1.45 bits per heavy atom. The molecule has 0 radical (unpaired) electrons. The van der Waals surface area contributed by atoms with Crippen molar-refractivity contribution in [3.05, 3.63) is 45.4 Å². The highest BCUT2D eigenvalue weighted by Crippen LogP contribution is 2.18. The maximum absolute atomic E-state index is 8.68. The van der Waals surface area contributed by atoms with Crippen molar-refractivity contribution < 1.29 is 9.94 Å². The summed E-state index contributed by atoms with van der Waals surface area (Å²) in [4.78, 5) is 5.45. The number of benzene rings is 1. The molecule has 0 aliphatic rings. The monoisotopic (exact) mass is 291 g/mol. The lowest BCUT2D eigenvalue weighted by Gasteiger charge is -2.09. The Hall–Kier alpha value is -2.08. The van der Waals surface area contributed by atoms with Crippen molar-refractivity contribution >= 4 is 17.2 Å². The van der Waals surface area contributed by atoms with Crippen molar-refractivity contribution in [1.82, 2.24) is 4.98 Å². The molecule has 0 amide bonds. The molecule has 1 aromatic heterocycles. The SMILES string of the molecule is Cc1cc(OCCc2scnc2C)ccc1/C(N)=N/O. The number of ether oxygens (including phenoxy) is 1. The first-order valence-electron chi connectivity index (χ1n) is 6.22. The number of rotatable bonds is 5. The Morgan fingerprint density at radius 2 is 2.25 bits per heavy atom. The number of nitrogens with zero attached hydrogens (tertiary/aromatic N) is 2. The van der Waals surface area contributed by atoms with Gasteiger partial charge in [0.2, 0.25) is 0 Å². The molecule has 3 N–H and O–H groups in total. The highest BCUT2D eigenvalue weighted by Gasteiger charge is 2.06. The molecule has 0 aliphatic carbocycles. The highest BCUT2D eigenvalue weighted by atomic mass is 32.1. The number of aryl methyl sites for hydroxylation is 2. The number of hydrogen-bond acceptors (Lipinski definition) is 5. The summed E-state index contributed by atoms with van der Waals surface area (Å²) in [5.74, 6) is 0.883. The van der Waals surface area contributed by atoms with Crippen LogP contribution in [0.2, 0.25) is 0 Å². The molecule has 1 heterocycles. The molecule has 6 heteroatoms. The fourth-order valence-electron chi connectivity index (χ4n) is 1.89. The summed E-state index contributed by atoms with van der Waals surface area (Å²) in [6, 6.07) is 5.49. The topological polar surface area (TPSA) is 80.7 Å².